The van der Waals surface area contributed by atoms with Crippen molar-refractivity contribution < 1.29 is 28.8 Å². The van der Waals surface area contributed by atoms with Crippen molar-refractivity contribution in [2.75, 3.05) is 53.4 Å². The quantitative estimate of drug-likeness (QED) is 0.0686. The average Bonchev–Trinajstić information content (AvgIpc) is 4.33. The van der Waals surface area contributed by atoms with Crippen molar-refractivity contribution in [1.29, 1.82) is 0 Å². The van der Waals surface area contributed by atoms with E-state index in [2.05, 4.69) is 75.4 Å². The maximum absolute atomic E-state index is 11.9. The summed E-state index contributed by atoms with van der Waals surface area (Å²) in [7, 11) is 4.28. The van der Waals surface area contributed by atoms with Gasteiger partial charge in [-0.2, -0.15) is 0 Å². The van der Waals surface area contributed by atoms with Crippen molar-refractivity contribution in [3.8, 4) is 0 Å². The minimum Gasteiger partial charge on any atom is -0.340 e. The summed E-state index contributed by atoms with van der Waals surface area (Å²) in [6.07, 6.45) is 5.82. The highest BCUT2D eigenvalue weighted by molar-refractivity contribution is 6.15. The number of carbonyl (C=O) groups excluding carboxylic acids is 6. The number of rotatable bonds is 20. The molecular weight excluding hydrogens is 997 g/mol. The highest BCUT2D eigenvalue weighted by Crippen LogP contribution is 2.35. The molecule has 1 fully saturated rings. The monoisotopic (exact) mass is 1080 g/mol. The molecule has 0 aliphatic carbocycles. The van der Waals surface area contributed by atoms with Crippen LogP contribution in [0.1, 0.15) is 157 Å². The fraction of sp³-hybridized carbons (Fsp3) is 0.382. The summed E-state index contributed by atoms with van der Waals surface area (Å²) in [5.41, 5.74) is 11.0. The largest absolute Gasteiger partial charge is 0.340 e. The van der Waals surface area contributed by atoms with Crippen LogP contribution in [-0.2, 0) is 19.6 Å². The lowest BCUT2D eigenvalue weighted by atomic mass is 10.0. The summed E-state index contributed by atoms with van der Waals surface area (Å²) >= 11 is 0. The van der Waals surface area contributed by atoms with Gasteiger partial charge in [0.1, 0.15) is 0 Å². The molecule has 9 aromatic rings. The number of hydrogen-bond acceptors (Lipinski definition) is 9. The molecule has 10 rings (SSSR count). The molecule has 0 saturated carbocycles. The Morgan fingerprint density at radius 1 is 0.400 bits per heavy atom. The van der Waals surface area contributed by atoms with Gasteiger partial charge in [-0.15, -0.1) is 0 Å². The third kappa shape index (κ3) is 13.1. The van der Waals surface area contributed by atoms with Gasteiger partial charge in [0.15, 0.2) is 34.7 Å². The van der Waals surface area contributed by atoms with Gasteiger partial charge >= 0.3 is 0 Å². The lowest BCUT2D eigenvalue weighted by molar-refractivity contribution is 0.100. The molecule has 0 radical (unpaired) electrons. The zero-order valence-corrected chi connectivity index (χ0v) is 49.0. The molecule has 0 spiro atoms. The standard InChI is InChI=1S/C23H26N2O2.C23H28N2O2.C22H26N2O2/c1-16(26)18-6-8-22-20(14-18)21-15-19(17(2)27)7-9-23(21)25(22)13-5-12-24-10-3-4-11-24;1-15(2)24(5)11-6-12-25-22-9-7-18(16(3)26)13-20(22)21-14-19(17(4)27)8-10-23(21)25;1-5-23(4)11-6-12-24-21-9-7-17(15(2)25)13-19(21)20-14-18(16(3)26)8-10-22(20)24/h6-9,14-15H,3-5,10-13H2,1-2H3;7-10,13-15H,6,11-12H2,1-5H3;7-10,13-14H,5-6,11-12H2,1-4H3. The van der Waals surface area contributed by atoms with Crippen molar-refractivity contribution in [2.24, 2.45) is 0 Å². The second-order valence-corrected chi connectivity index (χ2v) is 22.3. The van der Waals surface area contributed by atoms with E-state index in [0.717, 1.165) is 130 Å². The molecule has 1 saturated heterocycles. The molecule has 0 N–H and O–H groups in total. The van der Waals surface area contributed by atoms with E-state index in [9.17, 15) is 28.8 Å². The minimum absolute atomic E-state index is 0.0547. The third-order valence-corrected chi connectivity index (χ3v) is 16.3. The Balaban J connectivity index is 0.000000158. The molecule has 12 heteroatoms. The van der Waals surface area contributed by atoms with E-state index in [1.807, 2.05) is 97.1 Å². The number of carbonyl (C=O) groups is 6. The van der Waals surface area contributed by atoms with Crippen LogP contribution in [0.3, 0.4) is 0 Å². The van der Waals surface area contributed by atoms with Crippen LogP contribution in [-0.4, -0.2) is 123 Å². The fourth-order valence-corrected chi connectivity index (χ4v) is 11.2. The highest BCUT2D eigenvalue weighted by Gasteiger charge is 2.19. The van der Waals surface area contributed by atoms with E-state index in [1.165, 1.54) is 25.9 Å². The first kappa shape index (κ1) is 58.8. The van der Waals surface area contributed by atoms with Crippen molar-refractivity contribution in [3.63, 3.8) is 0 Å². The SMILES string of the molecule is CC(=O)c1ccc2c(c1)c1cc(C(C)=O)ccc1n2CCCN(C)C(C)C.CC(=O)c1ccc2c(c1)c1cc(C(C)=O)ccc1n2CCCN1CCCC1.CCN(C)CCCn1c2ccc(C(C)=O)cc2c2cc(C(C)=O)ccc21. The number of Topliss-reactive ketones (excluding diaryl/α,β-unsaturated/α-hetero) is 6. The molecular formula is C68H80N6O6. The molecule has 0 amide bonds. The summed E-state index contributed by atoms with van der Waals surface area (Å²) in [6.45, 7) is 25.5. The Kier molecular flexibility index (Phi) is 19.0. The molecule has 3 aromatic heterocycles. The summed E-state index contributed by atoms with van der Waals surface area (Å²) in [5.74, 6) is 0.349. The number of nitrogens with zero attached hydrogens (tertiary/aromatic N) is 6. The predicted molar refractivity (Wildman–Crippen MR) is 329 cm³/mol. The molecule has 418 valence electrons. The summed E-state index contributed by atoms with van der Waals surface area (Å²) < 4.78 is 6.96. The summed E-state index contributed by atoms with van der Waals surface area (Å²) in [5, 5.41) is 6.28. The smallest absolute Gasteiger partial charge is 0.159 e. The van der Waals surface area contributed by atoms with E-state index in [0.29, 0.717) is 39.4 Å². The first-order valence-electron chi connectivity index (χ1n) is 28.6. The van der Waals surface area contributed by atoms with Gasteiger partial charge in [-0.3, -0.25) is 28.8 Å². The zero-order chi connectivity index (χ0) is 57.5. The lowest BCUT2D eigenvalue weighted by Gasteiger charge is -2.21. The van der Waals surface area contributed by atoms with E-state index in [4.69, 9.17) is 0 Å². The van der Waals surface area contributed by atoms with Gasteiger partial charge < -0.3 is 28.4 Å². The van der Waals surface area contributed by atoms with Gasteiger partial charge in [0.05, 0.1) is 0 Å². The van der Waals surface area contributed by atoms with Gasteiger partial charge in [0, 0.05) is 124 Å². The van der Waals surface area contributed by atoms with E-state index < -0.39 is 0 Å². The third-order valence-electron chi connectivity index (χ3n) is 16.3. The molecule has 0 atom stereocenters. The number of aromatic nitrogens is 3. The number of ketones is 6. The zero-order valence-electron chi connectivity index (χ0n) is 49.0. The fourth-order valence-electron chi connectivity index (χ4n) is 11.2. The topological polar surface area (TPSA) is 127 Å². The lowest BCUT2D eigenvalue weighted by Crippen LogP contribution is -2.27. The van der Waals surface area contributed by atoms with Crippen molar-refractivity contribution in [2.45, 2.75) is 120 Å². The molecule has 80 heavy (non-hydrogen) atoms. The molecule has 4 heterocycles. The number of likely N-dealkylation sites (tertiary alicyclic amines) is 1. The average molecular weight is 1080 g/mol. The highest BCUT2D eigenvalue weighted by atomic mass is 16.1. The number of hydrogen-bond donors (Lipinski definition) is 0. The van der Waals surface area contributed by atoms with Crippen LogP contribution in [0, 0.1) is 0 Å². The Labute approximate surface area is 471 Å². The molecule has 1 aliphatic rings. The van der Waals surface area contributed by atoms with Gasteiger partial charge in [0.25, 0.3) is 0 Å². The van der Waals surface area contributed by atoms with Crippen molar-refractivity contribution >= 4 is 100 Å². The normalized spacial score (nSPS) is 12.8. The molecule has 12 nitrogen and oxygen atoms in total. The van der Waals surface area contributed by atoms with Gasteiger partial charge in [-0.1, -0.05) is 6.92 Å². The maximum Gasteiger partial charge on any atom is 0.159 e. The van der Waals surface area contributed by atoms with Gasteiger partial charge in [-0.05, 0) is 250 Å². The maximum atomic E-state index is 11.9. The van der Waals surface area contributed by atoms with Crippen LogP contribution >= 0.6 is 0 Å². The summed E-state index contributed by atoms with van der Waals surface area (Å²) in [4.78, 5) is 78.2. The number of benzene rings is 6. The number of aryl methyl sites for hydroxylation is 3. The predicted octanol–water partition coefficient (Wildman–Crippen LogP) is 14.2. The molecule has 6 aromatic carbocycles. The second-order valence-electron chi connectivity index (χ2n) is 22.3. The van der Waals surface area contributed by atoms with E-state index in [1.54, 1.807) is 41.5 Å². The minimum atomic E-state index is 0.0547. The summed E-state index contributed by atoms with van der Waals surface area (Å²) in [6, 6.07) is 35.9. The molecule has 0 bridgehead atoms. The van der Waals surface area contributed by atoms with Crippen LogP contribution in [0.25, 0.3) is 65.4 Å². The van der Waals surface area contributed by atoms with Gasteiger partial charge in [-0.25, -0.2) is 0 Å². The van der Waals surface area contributed by atoms with Crippen LogP contribution < -0.4 is 0 Å². The van der Waals surface area contributed by atoms with Crippen LogP contribution in [0.5, 0.6) is 0 Å². The molecule has 0 unspecified atom stereocenters. The van der Waals surface area contributed by atoms with Crippen LogP contribution in [0.2, 0.25) is 0 Å². The second kappa shape index (κ2) is 25.8. The Hall–Kier alpha value is -7.38. The van der Waals surface area contributed by atoms with E-state index >= 15 is 0 Å². The number of fused-ring (bicyclic) bond motifs is 9. The Bertz CT molecular complexity index is 3440. The van der Waals surface area contributed by atoms with E-state index in [-0.39, 0.29) is 34.7 Å². The van der Waals surface area contributed by atoms with Crippen LogP contribution in [0.4, 0.5) is 0 Å². The van der Waals surface area contributed by atoms with Gasteiger partial charge in [0.2, 0.25) is 0 Å². The van der Waals surface area contributed by atoms with Crippen molar-refractivity contribution in [1.82, 2.24) is 28.4 Å². The first-order chi connectivity index (χ1) is 38.3. The first-order valence-corrected chi connectivity index (χ1v) is 28.6. The Morgan fingerprint density at radius 2 is 0.662 bits per heavy atom. The molecule has 1 aliphatic heterocycles. The van der Waals surface area contributed by atoms with Crippen LogP contribution in [0.15, 0.2) is 109 Å². The van der Waals surface area contributed by atoms with Crippen molar-refractivity contribution in [3.05, 3.63) is 143 Å². The Morgan fingerprint density at radius 3 is 0.912 bits per heavy atom.